The van der Waals surface area contributed by atoms with Crippen LogP contribution in [-0.4, -0.2) is 54.3 Å². The number of hydrogen-bond acceptors (Lipinski definition) is 4. The first-order valence-electron chi connectivity index (χ1n) is 13.1. The topological polar surface area (TPSA) is 39.1 Å². The molecule has 0 saturated carbocycles. The van der Waals surface area contributed by atoms with E-state index in [-0.39, 0.29) is 11.9 Å². The molecule has 0 unspecified atom stereocenters. The van der Waals surface area contributed by atoms with Crippen molar-refractivity contribution in [1.82, 2.24) is 9.91 Å². The van der Waals surface area contributed by atoms with Gasteiger partial charge in [0.15, 0.2) is 0 Å². The fourth-order valence-electron chi connectivity index (χ4n) is 5.55. The standard InChI is InChI=1S/C32H32N4O/c1-24-9-5-8-14-30(24)35-19-17-34(18-20-35)23-32(37)36-31(26-11-3-2-4-12-26)22-29(33-36)28-16-15-25-10-6-7-13-27(25)21-28/h2-16,21,31H,17-20,22-23H2,1H3/t31-/m1/s1. The van der Waals surface area contributed by atoms with Gasteiger partial charge in [-0.2, -0.15) is 5.10 Å². The summed E-state index contributed by atoms with van der Waals surface area (Å²) in [6, 6.07) is 33.6. The predicted octanol–water partition coefficient (Wildman–Crippen LogP) is 5.65. The van der Waals surface area contributed by atoms with E-state index < -0.39 is 0 Å². The minimum Gasteiger partial charge on any atom is -0.369 e. The smallest absolute Gasteiger partial charge is 0.257 e. The largest absolute Gasteiger partial charge is 0.369 e. The molecule has 0 N–H and O–H groups in total. The van der Waals surface area contributed by atoms with Crippen LogP contribution in [0.25, 0.3) is 10.8 Å². The molecule has 1 atom stereocenters. The lowest BCUT2D eigenvalue weighted by Gasteiger charge is -2.37. The molecule has 0 aliphatic carbocycles. The van der Waals surface area contributed by atoms with E-state index >= 15 is 0 Å². The number of hydrogen-bond donors (Lipinski definition) is 0. The normalized spacial score (nSPS) is 18.3. The molecular weight excluding hydrogens is 456 g/mol. The number of piperazine rings is 1. The van der Waals surface area contributed by atoms with Gasteiger partial charge in [-0.1, -0.05) is 84.9 Å². The van der Waals surface area contributed by atoms with E-state index in [9.17, 15) is 4.79 Å². The van der Waals surface area contributed by atoms with Crippen molar-refractivity contribution in [3.05, 3.63) is 114 Å². The van der Waals surface area contributed by atoms with E-state index in [1.807, 2.05) is 18.2 Å². The highest BCUT2D eigenvalue weighted by Gasteiger charge is 2.34. The van der Waals surface area contributed by atoms with Crippen molar-refractivity contribution in [1.29, 1.82) is 0 Å². The number of nitrogens with zero attached hydrogens (tertiary/aromatic N) is 4. The van der Waals surface area contributed by atoms with Crippen LogP contribution < -0.4 is 4.90 Å². The maximum absolute atomic E-state index is 13.7. The zero-order valence-corrected chi connectivity index (χ0v) is 21.3. The molecule has 0 radical (unpaired) electrons. The van der Waals surface area contributed by atoms with Crippen LogP contribution in [0.3, 0.4) is 0 Å². The quantitative estimate of drug-likeness (QED) is 0.365. The average Bonchev–Trinajstić information content (AvgIpc) is 3.40. The van der Waals surface area contributed by atoms with Crippen molar-refractivity contribution in [2.75, 3.05) is 37.6 Å². The van der Waals surface area contributed by atoms with Crippen LogP contribution in [0.1, 0.15) is 29.2 Å². The number of hydrazone groups is 1. The molecule has 0 spiro atoms. The maximum atomic E-state index is 13.7. The van der Waals surface area contributed by atoms with Gasteiger partial charge in [-0.15, -0.1) is 0 Å². The van der Waals surface area contributed by atoms with E-state index in [0.29, 0.717) is 6.54 Å². The summed E-state index contributed by atoms with van der Waals surface area (Å²) < 4.78 is 0. The highest BCUT2D eigenvalue weighted by molar-refractivity contribution is 6.05. The molecule has 5 nitrogen and oxygen atoms in total. The Bertz CT molecular complexity index is 1440. The summed E-state index contributed by atoms with van der Waals surface area (Å²) in [6.45, 7) is 6.13. The van der Waals surface area contributed by atoms with Gasteiger partial charge in [-0.3, -0.25) is 9.69 Å². The number of aryl methyl sites for hydroxylation is 1. The van der Waals surface area contributed by atoms with Gasteiger partial charge < -0.3 is 4.90 Å². The first kappa shape index (κ1) is 23.4. The van der Waals surface area contributed by atoms with E-state index in [1.165, 1.54) is 22.0 Å². The van der Waals surface area contributed by atoms with Crippen LogP contribution in [0.15, 0.2) is 102 Å². The van der Waals surface area contributed by atoms with Gasteiger partial charge in [0, 0.05) is 38.3 Å². The third-order valence-corrected chi connectivity index (χ3v) is 7.62. The molecule has 1 saturated heterocycles. The van der Waals surface area contributed by atoms with E-state index in [4.69, 9.17) is 5.10 Å². The minimum absolute atomic E-state index is 0.0639. The third-order valence-electron chi connectivity index (χ3n) is 7.62. The van der Waals surface area contributed by atoms with Crippen molar-refractivity contribution in [2.45, 2.75) is 19.4 Å². The SMILES string of the molecule is Cc1ccccc1N1CCN(CC(=O)N2N=C(c3ccc4ccccc4c3)C[C@@H]2c2ccccc2)CC1. The predicted molar refractivity (Wildman–Crippen MR) is 151 cm³/mol. The molecule has 1 amide bonds. The first-order chi connectivity index (χ1) is 18.2. The van der Waals surface area contributed by atoms with Crippen LogP contribution in [0.4, 0.5) is 5.69 Å². The van der Waals surface area contributed by atoms with Crippen molar-refractivity contribution in [3.8, 4) is 0 Å². The summed E-state index contributed by atoms with van der Waals surface area (Å²) in [5.41, 5.74) is 5.77. The molecule has 0 bridgehead atoms. The Labute approximate surface area is 218 Å². The monoisotopic (exact) mass is 488 g/mol. The Morgan fingerprint density at radius 2 is 1.51 bits per heavy atom. The van der Waals surface area contributed by atoms with E-state index in [0.717, 1.165) is 49.4 Å². The Balaban J connectivity index is 1.20. The van der Waals surface area contributed by atoms with Crippen LogP contribution in [-0.2, 0) is 4.79 Å². The lowest BCUT2D eigenvalue weighted by molar-refractivity contribution is -0.134. The highest BCUT2D eigenvalue weighted by atomic mass is 16.2. The second kappa shape index (κ2) is 10.2. The van der Waals surface area contributed by atoms with Crippen molar-refractivity contribution in [2.24, 2.45) is 5.10 Å². The Hall–Kier alpha value is -3.96. The average molecular weight is 489 g/mol. The molecular formula is C32H32N4O. The van der Waals surface area contributed by atoms with Gasteiger partial charge in [0.25, 0.3) is 5.91 Å². The molecule has 5 heteroatoms. The molecule has 186 valence electrons. The van der Waals surface area contributed by atoms with E-state index in [2.05, 4.69) is 95.6 Å². The maximum Gasteiger partial charge on any atom is 0.257 e. The second-order valence-corrected chi connectivity index (χ2v) is 10.0. The number of rotatable bonds is 5. The lowest BCUT2D eigenvalue weighted by Crippen LogP contribution is -2.49. The molecule has 4 aromatic rings. The third kappa shape index (κ3) is 4.87. The summed E-state index contributed by atoms with van der Waals surface area (Å²) in [6.07, 6.45) is 0.717. The summed E-state index contributed by atoms with van der Waals surface area (Å²) >= 11 is 0. The summed E-state index contributed by atoms with van der Waals surface area (Å²) in [4.78, 5) is 18.3. The van der Waals surface area contributed by atoms with Crippen LogP contribution in [0.2, 0.25) is 0 Å². The number of anilines is 1. The Kier molecular flexibility index (Phi) is 6.46. The zero-order valence-electron chi connectivity index (χ0n) is 21.3. The van der Waals surface area contributed by atoms with E-state index in [1.54, 1.807) is 5.01 Å². The van der Waals surface area contributed by atoms with Crippen molar-refractivity contribution < 1.29 is 4.79 Å². The number of para-hydroxylation sites is 1. The lowest BCUT2D eigenvalue weighted by atomic mass is 9.97. The van der Waals surface area contributed by atoms with Gasteiger partial charge >= 0.3 is 0 Å². The van der Waals surface area contributed by atoms with Crippen LogP contribution in [0.5, 0.6) is 0 Å². The molecule has 2 aliphatic rings. The summed E-state index contributed by atoms with van der Waals surface area (Å²) in [5, 5.41) is 9.07. The Morgan fingerprint density at radius 3 is 2.30 bits per heavy atom. The molecule has 4 aromatic carbocycles. The molecule has 2 heterocycles. The number of amides is 1. The molecule has 37 heavy (non-hydrogen) atoms. The number of benzene rings is 4. The number of carbonyl (C=O) groups is 1. The zero-order chi connectivity index (χ0) is 25.2. The Morgan fingerprint density at radius 1 is 0.811 bits per heavy atom. The van der Waals surface area contributed by atoms with Crippen LogP contribution >= 0.6 is 0 Å². The van der Waals surface area contributed by atoms with Crippen LogP contribution in [0, 0.1) is 6.92 Å². The van der Waals surface area contributed by atoms with Crippen molar-refractivity contribution in [3.63, 3.8) is 0 Å². The van der Waals surface area contributed by atoms with Gasteiger partial charge in [-0.25, -0.2) is 5.01 Å². The summed E-state index contributed by atoms with van der Waals surface area (Å²) in [7, 11) is 0. The second-order valence-electron chi connectivity index (χ2n) is 10.0. The molecule has 0 aromatic heterocycles. The minimum atomic E-state index is -0.0802. The fourth-order valence-corrected chi connectivity index (χ4v) is 5.55. The van der Waals surface area contributed by atoms with Crippen molar-refractivity contribution >= 4 is 28.1 Å². The molecule has 6 rings (SSSR count). The van der Waals surface area contributed by atoms with Gasteiger partial charge in [-0.05, 0) is 46.5 Å². The fraction of sp³-hybridized carbons (Fsp3) is 0.250. The highest BCUT2D eigenvalue weighted by Crippen LogP contribution is 2.33. The van der Waals surface area contributed by atoms with Gasteiger partial charge in [0.1, 0.15) is 0 Å². The molecule has 1 fully saturated rings. The number of carbonyl (C=O) groups excluding carboxylic acids is 1. The summed E-state index contributed by atoms with van der Waals surface area (Å²) in [5.74, 6) is 0.0639. The first-order valence-corrected chi connectivity index (χ1v) is 13.1. The number of fused-ring (bicyclic) bond motifs is 1. The molecule has 2 aliphatic heterocycles. The van der Waals surface area contributed by atoms with Gasteiger partial charge in [0.05, 0.1) is 18.3 Å². The van der Waals surface area contributed by atoms with Gasteiger partial charge in [0.2, 0.25) is 0 Å².